The maximum Gasteiger partial charge on any atom is 0.184 e. The minimum absolute atomic E-state index is 0.0434. The average molecular weight is 211 g/mol. The van der Waals surface area contributed by atoms with Crippen molar-refractivity contribution in [2.75, 3.05) is 0 Å². The van der Waals surface area contributed by atoms with Gasteiger partial charge in [0, 0.05) is 23.8 Å². The van der Waals surface area contributed by atoms with Gasteiger partial charge in [-0.2, -0.15) is 0 Å². The first kappa shape index (κ1) is 8.24. The van der Waals surface area contributed by atoms with Gasteiger partial charge in [0.15, 0.2) is 11.0 Å². The quantitative estimate of drug-likeness (QED) is 0.661. The summed E-state index contributed by atoms with van der Waals surface area (Å²) in [6.07, 6.45) is 5.77. The van der Waals surface area contributed by atoms with Gasteiger partial charge in [0.2, 0.25) is 0 Å². The first-order valence-corrected chi connectivity index (χ1v) is 4.95. The number of aromatic nitrogens is 2. The largest absolute Gasteiger partial charge is 0.342 e. The van der Waals surface area contributed by atoms with E-state index >= 15 is 0 Å². The van der Waals surface area contributed by atoms with E-state index in [1.807, 2.05) is 16.8 Å². The van der Waals surface area contributed by atoms with Crippen LogP contribution in [0.2, 0.25) is 5.15 Å². The highest BCUT2D eigenvalue weighted by molar-refractivity contribution is 6.30. The molecule has 0 atom stereocenters. The molecule has 0 bridgehead atoms. The monoisotopic (exact) mass is 210 g/mol. The first-order valence-electron chi connectivity index (χ1n) is 4.58. The van der Waals surface area contributed by atoms with Crippen LogP contribution in [0, 0.1) is 5.82 Å². The maximum absolute atomic E-state index is 13.7. The minimum atomic E-state index is -0.402. The Bertz CT molecular complexity index is 502. The summed E-state index contributed by atoms with van der Waals surface area (Å²) >= 11 is 5.64. The van der Waals surface area contributed by atoms with E-state index in [9.17, 15) is 4.39 Å². The smallest absolute Gasteiger partial charge is 0.184 e. The van der Waals surface area contributed by atoms with Crippen LogP contribution in [0.15, 0.2) is 18.5 Å². The summed E-state index contributed by atoms with van der Waals surface area (Å²) in [6.45, 7) is 0. The van der Waals surface area contributed by atoms with E-state index in [0.717, 1.165) is 18.2 Å². The van der Waals surface area contributed by atoms with Gasteiger partial charge < -0.3 is 4.57 Å². The van der Waals surface area contributed by atoms with E-state index in [1.165, 1.54) is 0 Å². The van der Waals surface area contributed by atoms with Crippen LogP contribution in [-0.2, 0) is 0 Å². The second-order valence-electron chi connectivity index (χ2n) is 3.62. The highest BCUT2D eigenvalue weighted by atomic mass is 35.5. The number of rotatable bonds is 1. The Morgan fingerprint density at radius 2 is 2.29 bits per heavy atom. The lowest BCUT2D eigenvalue weighted by Gasteiger charge is -2.03. The Balaban J connectivity index is 2.36. The van der Waals surface area contributed by atoms with Crippen LogP contribution < -0.4 is 0 Å². The summed E-state index contributed by atoms with van der Waals surface area (Å²) in [4.78, 5) is 3.78. The van der Waals surface area contributed by atoms with Crippen molar-refractivity contribution in [3.63, 3.8) is 0 Å². The lowest BCUT2D eigenvalue weighted by Crippen LogP contribution is -1.94. The molecule has 2 nitrogen and oxygen atoms in total. The van der Waals surface area contributed by atoms with Crippen molar-refractivity contribution in [1.82, 2.24) is 9.55 Å². The number of hydrogen-bond acceptors (Lipinski definition) is 1. The van der Waals surface area contributed by atoms with Gasteiger partial charge in [0.25, 0.3) is 0 Å². The Morgan fingerprint density at radius 3 is 3.00 bits per heavy atom. The van der Waals surface area contributed by atoms with Gasteiger partial charge in [-0.3, -0.25) is 0 Å². The predicted molar refractivity (Wildman–Crippen MR) is 53.0 cm³/mol. The van der Waals surface area contributed by atoms with Gasteiger partial charge in [-0.25, -0.2) is 9.37 Å². The molecule has 1 fully saturated rings. The van der Waals surface area contributed by atoms with Crippen LogP contribution in [0.3, 0.4) is 0 Å². The number of halogens is 2. The van der Waals surface area contributed by atoms with Gasteiger partial charge in [0.1, 0.15) is 0 Å². The fraction of sp³-hybridized carbons (Fsp3) is 0.300. The minimum Gasteiger partial charge on any atom is -0.342 e. The summed E-state index contributed by atoms with van der Waals surface area (Å²) in [5.41, 5.74) is 0.590. The number of nitrogens with zero attached hydrogens (tertiary/aromatic N) is 2. The van der Waals surface area contributed by atoms with E-state index < -0.39 is 5.82 Å². The van der Waals surface area contributed by atoms with Crippen molar-refractivity contribution in [3.8, 4) is 0 Å². The van der Waals surface area contributed by atoms with Gasteiger partial charge in [-0.15, -0.1) is 0 Å². The van der Waals surface area contributed by atoms with Crippen LogP contribution in [0.5, 0.6) is 0 Å². The molecule has 1 aliphatic rings. The van der Waals surface area contributed by atoms with E-state index in [0.29, 0.717) is 11.6 Å². The van der Waals surface area contributed by atoms with Crippen molar-refractivity contribution in [2.45, 2.75) is 18.9 Å². The van der Waals surface area contributed by atoms with E-state index in [1.54, 1.807) is 6.20 Å². The Hall–Kier alpha value is -1.09. The molecule has 1 saturated carbocycles. The molecular formula is C10H8ClFN2. The van der Waals surface area contributed by atoms with Crippen LogP contribution >= 0.6 is 11.6 Å². The number of fused-ring (bicyclic) bond motifs is 1. The lowest BCUT2D eigenvalue weighted by molar-refractivity contribution is 0.619. The molecule has 0 unspecified atom stereocenters. The standard InChI is InChI=1S/C10H8ClFN2/c11-10-8(12)9-6(5-13-10)3-4-14(9)7-1-2-7/h3-5,7H,1-2H2. The summed E-state index contributed by atoms with van der Waals surface area (Å²) in [7, 11) is 0. The maximum atomic E-state index is 13.7. The number of pyridine rings is 1. The van der Waals surface area contributed by atoms with Crippen LogP contribution in [0.1, 0.15) is 18.9 Å². The summed E-state index contributed by atoms with van der Waals surface area (Å²) in [6, 6.07) is 2.33. The molecule has 0 aliphatic heterocycles. The zero-order chi connectivity index (χ0) is 9.71. The van der Waals surface area contributed by atoms with Crippen LogP contribution in [0.25, 0.3) is 10.9 Å². The molecule has 2 aromatic heterocycles. The molecule has 2 heterocycles. The summed E-state index contributed by atoms with van der Waals surface area (Å²) < 4.78 is 15.6. The molecule has 4 heteroatoms. The first-order chi connectivity index (χ1) is 6.77. The predicted octanol–water partition coefficient (Wildman–Crippen LogP) is 3.16. The molecule has 72 valence electrons. The molecular weight excluding hydrogens is 203 g/mol. The summed E-state index contributed by atoms with van der Waals surface area (Å²) in [5.74, 6) is -0.402. The van der Waals surface area contributed by atoms with E-state index in [2.05, 4.69) is 4.98 Å². The second kappa shape index (κ2) is 2.70. The highest BCUT2D eigenvalue weighted by Gasteiger charge is 2.26. The zero-order valence-corrected chi connectivity index (χ0v) is 8.13. The molecule has 3 rings (SSSR count). The van der Waals surface area contributed by atoms with E-state index in [-0.39, 0.29) is 5.15 Å². The SMILES string of the molecule is Fc1c(Cl)ncc2ccn(C3CC3)c12. The molecule has 2 aromatic rings. The van der Waals surface area contributed by atoms with Crippen LogP contribution in [-0.4, -0.2) is 9.55 Å². The van der Waals surface area contributed by atoms with Crippen molar-refractivity contribution >= 4 is 22.5 Å². The Kier molecular flexibility index (Phi) is 1.59. The molecule has 0 N–H and O–H groups in total. The average Bonchev–Trinajstić information content (AvgIpc) is 2.93. The fourth-order valence-corrected chi connectivity index (χ4v) is 1.88. The normalized spacial score (nSPS) is 16.4. The van der Waals surface area contributed by atoms with Gasteiger partial charge in [0.05, 0.1) is 5.52 Å². The summed E-state index contributed by atoms with van der Waals surface area (Å²) in [5, 5.41) is 0.775. The third-order valence-electron chi connectivity index (χ3n) is 2.59. The molecule has 0 amide bonds. The molecule has 0 spiro atoms. The molecule has 1 aliphatic carbocycles. The molecule has 0 aromatic carbocycles. The number of hydrogen-bond donors (Lipinski definition) is 0. The van der Waals surface area contributed by atoms with Crippen molar-refractivity contribution in [2.24, 2.45) is 0 Å². The Morgan fingerprint density at radius 1 is 1.50 bits per heavy atom. The lowest BCUT2D eigenvalue weighted by atomic mass is 10.3. The third kappa shape index (κ3) is 1.05. The topological polar surface area (TPSA) is 17.8 Å². The molecule has 0 saturated heterocycles. The van der Waals surface area contributed by atoms with Crippen molar-refractivity contribution in [1.29, 1.82) is 0 Å². The van der Waals surface area contributed by atoms with Crippen molar-refractivity contribution < 1.29 is 4.39 Å². The van der Waals surface area contributed by atoms with Gasteiger partial charge in [-0.05, 0) is 18.9 Å². The van der Waals surface area contributed by atoms with E-state index in [4.69, 9.17) is 11.6 Å². The van der Waals surface area contributed by atoms with Gasteiger partial charge >= 0.3 is 0 Å². The van der Waals surface area contributed by atoms with Crippen LogP contribution in [0.4, 0.5) is 4.39 Å². The molecule has 0 radical (unpaired) electrons. The molecule has 14 heavy (non-hydrogen) atoms. The fourth-order valence-electron chi connectivity index (χ4n) is 1.74. The third-order valence-corrected chi connectivity index (χ3v) is 2.86. The van der Waals surface area contributed by atoms with Gasteiger partial charge in [-0.1, -0.05) is 11.6 Å². The second-order valence-corrected chi connectivity index (χ2v) is 3.98. The van der Waals surface area contributed by atoms with Crippen molar-refractivity contribution in [3.05, 3.63) is 29.4 Å². The Labute approximate surface area is 85.3 Å². The zero-order valence-electron chi connectivity index (χ0n) is 7.37. The highest BCUT2D eigenvalue weighted by Crippen LogP contribution is 2.38.